The second-order valence-electron chi connectivity index (χ2n) is 9.62. The van der Waals surface area contributed by atoms with Crippen molar-refractivity contribution in [2.45, 2.75) is 26.2 Å². The quantitative estimate of drug-likeness (QED) is 0.260. The Morgan fingerprint density at radius 3 is 1.47 bits per heavy atom. The average molecular weight is 437 g/mol. The van der Waals surface area contributed by atoms with Crippen molar-refractivity contribution in [3.63, 3.8) is 0 Å². The molecule has 0 aliphatic heterocycles. The molecule has 34 heavy (non-hydrogen) atoms. The zero-order valence-electron chi connectivity index (χ0n) is 20.0. The molecule has 0 radical (unpaired) electrons. The minimum atomic E-state index is -0.380. The third-order valence-electron chi connectivity index (χ3n) is 7.39. The van der Waals surface area contributed by atoms with Crippen LogP contribution in [0.15, 0.2) is 115 Å². The molecule has 0 N–H and O–H groups in total. The van der Waals surface area contributed by atoms with Gasteiger partial charge in [0.15, 0.2) is 0 Å². The van der Waals surface area contributed by atoms with E-state index in [1.807, 2.05) is 0 Å². The molecule has 5 aromatic rings. The zero-order valence-corrected chi connectivity index (χ0v) is 20.0. The van der Waals surface area contributed by atoms with Crippen molar-refractivity contribution in [2.24, 2.45) is 0 Å². The number of aryl methyl sites for hydroxylation is 3. The standard InChI is InChI=1S/C34H28/c1-23-11-17-26(18-12-23)29-8-6-9-31-30-7-4-5-10-32(30)34(33(29)31,27-19-13-24(2)14-20-27)28-21-15-25(3)16-22-28/h4-22H,1-3H3. The molecule has 0 heteroatoms. The lowest BCUT2D eigenvalue weighted by molar-refractivity contribution is 0.769. The Hall–Kier alpha value is -3.90. The third-order valence-corrected chi connectivity index (χ3v) is 7.39. The Balaban J connectivity index is 1.79. The number of benzene rings is 5. The summed E-state index contributed by atoms with van der Waals surface area (Å²) in [4.78, 5) is 0. The lowest BCUT2D eigenvalue weighted by atomic mass is 9.66. The Morgan fingerprint density at radius 2 is 0.882 bits per heavy atom. The maximum Gasteiger partial charge on any atom is 0.0719 e. The Bertz CT molecular complexity index is 1440. The van der Waals surface area contributed by atoms with E-state index in [0.717, 1.165) is 0 Å². The number of hydrogen-bond donors (Lipinski definition) is 0. The van der Waals surface area contributed by atoms with Crippen LogP contribution in [0.5, 0.6) is 0 Å². The van der Waals surface area contributed by atoms with Crippen LogP contribution in [0, 0.1) is 20.8 Å². The van der Waals surface area contributed by atoms with Crippen LogP contribution in [0.4, 0.5) is 0 Å². The molecule has 0 heterocycles. The minimum Gasteiger partial charge on any atom is -0.0619 e. The summed E-state index contributed by atoms with van der Waals surface area (Å²) in [6.07, 6.45) is 0. The molecular formula is C34H28. The lowest BCUT2D eigenvalue weighted by Gasteiger charge is -2.35. The summed E-state index contributed by atoms with van der Waals surface area (Å²) in [6.45, 7) is 6.48. The summed E-state index contributed by atoms with van der Waals surface area (Å²) in [5.41, 5.74) is 14.0. The predicted molar refractivity (Wildman–Crippen MR) is 143 cm³/mol. The van der Waals surface area contributed by atoms with Gasteiger partial charge in [-0.15, -0.1) is 0 Å². The van der Waals surface area contributed by atoms with Gasteiger partial charge in [-0.1, -0.05) is 132 Å². The maximum absolute atomic E-state index is 2.33. The first kappa shape index (κ1) is 20.7. The highest BCUT2D eigenvalue weighted by Gasteiger charge is 2.47. The highest BCUT2D eigenvalue weighted by atomic mass is 14.5. The first-order chi connectivity index (χ1) is 16.6. The van der Waals surface area contributed by atoms with Crippen LogP contribution < -0.4 is 0 Å². The van der Waals surface area contributed by atoms with Gasteiger partial charge in [0.1, 0.15) is 0 Å². The van der Waals surface area contributed by atoms with Crippen LogP contribution in [-0.2, 0) is 5.41 Å². The molecule has 1 aliphatic rings. The lowest BCUT2D eigenvalue weighted by Crippen LogP contribution is -2.29. The molecule has 5 aromatic carbocycles. The molecule has 0 fully saturated rings. The Labute approximate surface area is 202 Å². The fourth-order valence-electron chi connectivity index (χ4n) is 5.71. The van der Waals surface area contributed by atoms with Crippen molar-refractivity contribution >= 4 is 0 Å². The molecular weight excluding hydrogens is 408 g/mol. The summed E-state index contributed by atoms with van der Waals surface area (Å²) in [6, 6.07) is 43.1. The first-order valence-electron chi connectivity index (χ1n) is 12.0. The summed E-state index contributed by atoms with van der Waals surface area (Å²) in [7, 11) is 0. The summed E-state index contributed by atoms with van der Waals surface area (Å²) < 4.78 is 0. The minimum absolute atomic E-state index is 0.380. The largest absolute Gasteiger partial charge is 0.0719 e. The molecule has 0 amide bonds. The van der Waals surface area contributed by atoms with Crippen molar-refractivity contribution in [2.75, 3.05) is 0 Å². The second-order valence-corrected chi connectivity index (χ2v) is 9.62. The number of rotatable bonds is 3. The topological polar surface area (TPSA) is 0 Å². The fourth-order valence-corrected chi connectivity index (χ4v) is 5.71. The van der Waals surface area contributed by atoms with E-state index in [1.54, 1.807) is 0 Å². The van der Waals surface area contributed by atoms with Crippen LogP contribution in [0.2, 0.25) is 0 Å². The fraction of sp³-hybridized carbons (Fsp3) is 0.118. The van der Waals surface area contributed by atoms with Crippen LogP contribution in [-0.4, -0.2) is 0 Å². The van der Waals surface area contributed by atoms with E-state index in [2.05, 4.69) is 136 Å². The highest BCUT2D eigenvalue weighted by Crippen LogP contribution is 2.58. The first-order valence-corrected chi connectivity index (χ1v) is 12.0. The van der Waals surface area contributed by atoms with Crippen molar-refractivity contribution < 1.29 is 0 Å². The molecule has 0 saturated heterocycles. The van der Waals surface area contributed by atoms with Gasteiger partial charge in [-0.3, -0.25) is 0 Å². The van der Waals surface area contributed by atoms with E-state index in [0.29, 0.717) is 0 Å². The molecule has 0 bridgehead atoms. The van der Waals surface area contributed by atoms with Gasteiger partial charge >= 0.3 is 0 Å². The molecule has 0 nitrogen and oxygen atoms in total. The van der Waals surface area contributed by atoms with E-state index in [9.17, 15) is 0 Å². The summed E-state index contributed by atoms with van der Waals surface area (Å²) in [5.74, 6) is 0. The van der Waals surface area contributed by atoms with Crippen molar-refractivity contribution in [3.8, 4) is 22.3 Å². The van der Waals surface area contributed by atoms with Gasteiger partial charge < -0.3 is 0 Å². The monoisotopic (exact) mass is 436 g/mol. The maximum atomic E-state index is 2.33. The summed E-state index contributed by atoms with van der Waals surface area (Å²) >= 11 is 0. The van der Waals surface area contributed by atoms with E-state index in [4.69, 9.17) is 0 Å². The third kappa shape index (κ3) is 2.99. The second kappa shape index (κ2) is 7.85. The van der Waals surface area contributed by atoms with Gasteiger partial charge in [-0.2, -0.15) is 0 Å². The molecule has 0 spiro atoms. The van der Waals surface area contributed by atoms with Gasteiger partial charge in [0, 0.05) is 0 Å². The zero-order chi connectivity index (χ0) is 23.3. The van der Waals surface area contributed by atoms with Gasteiger partial charge in [0.05, 0.1) is 5.41 Å². The molecule has 164 valence electrons. The van der Waals surface area contributed by atoms with E-state index < -0.39 is 0 Å². The van der Waals surface area contributed by atoms with Gasteiger partial charge in [-0.25, -0.2) is 0 Å². The van der Waals surface area contributed by atoms with Gasteiger partial charge in [0.2, 0.25) is 0 Å². The SMILES string of the molecule is Cc1ccc(-c2cccc3c2C(c2ccc(C)cc2)(c2ccc(C)cc2)c2ccccc2-3)cc1. The van der Waals surface area contributed by atoms with Crippen molar-refractivity contribution in [1.82, 2.24) is 0 Å². The highest BCUT2D eigenvalue weighted by molar-refractivity contribution is 5.92. The van der Waals surface area contributed by atoms with Crippen molar-refractivity contribution in [3.05, 3.63) is 154 Å². The molecule has 0 saturated carbocycles. The normalized spacial score (nSPS) is 13.4. The predicted octanol–water partition coefficient (Wildman–Crippen LogP) is 8.64. The molecule has 0 aromatic heterocycles. The number of hydrogen-bond acceptors (Lipinski definition) is 0. The smallest absolute Gasteiger partial charge is 0.0619 e. The average Bonchev–Trinajstić information content (AvgIpc) is 3.17. The Kier molecular flexibility index (Phi) is 4.78. The molecule has 1 aliphatic carbocycles. The van der Waals surface area contributed by atoms with E-state index in [-0.39, 0.29) is 5.41 Å². The summed E-state index contributed by atoms with van der Waals surface area (Å²) in [5, 5.41) is 0. The Morgan fingerprint density at radius 1 is 0.412 bits per heavy atom. The molecule has 0 unspecified atom stereocenters. The van der Waals surface area contributed by atoms with Gasteiger partial charge in [-0.05, 0) is 65.3 Å². The molecule has 0 atom stereocenters. The van der Waals surface area contributed by atoms with Crippen LogP contribution in [0.1, 0.15) is 38.9 Å². The van der Waals surface area contributed by atoms with Crippen LogP contribution in [0.3, 0.4) is 0 Å². The number of fused-ring (bicyclic) bond motifs is 3. The van der Waals surface area contributed by atoms with Crippen LogP contribution >= 0.6 is 0 Å². The van der Waals surface area contributed by atoms with Crippen LogP contribution in [0.25, 0.3) is 22.3 Å². The van der Waals surface area contributed by atoms with Crippen molar-refractivity contribution in [1.29, 1.82) is 0 Å². The van der Waals surface area contributed by atoms with Gasteiger partial charge in [0.25, 0.3) is 0 Å². The molecule has 6 rings (SSSR count). The van der Waals surface area contributed by atoms with E-state index >= 15 is 0 Å². The van der Waals surface area contributed by atoms with E-state index in [1.165, 1.54) is 61.2 Å².